The molecule has 0 fully saturated rings. The lowest BCUT2D eigenvalue weighted by molar-refractivity contribution is -0.0313. The highest BCUT2D eigenvalue weighted by Crippen LogP contribution is 2.27. The van der Waals surface area contributed by atoms with E-state index < -0.39 is 0 Å². The van der Waals surface area contributed by atoms with E-state index in [1.807, 2.05) is 0 Å². The number of hydrogen-bond acceptors (Lipinski definition) is 21. The Morgan fingerprint density at radius 1 is 0.241 bits per heavy atom. The van der Waals surface area contributed by atoms with Gasteiger partial charge in [-0.3, -0.25) is 0 Å². The zero-order valence-electron chi connectivity index (χ0n) is 52.0. The third kappa shape index (κ3) is 61.7. The van der Waals surface area contributed by atoms with Gasteiger partial charge in [-0.1, -0.05) is 90.2 Å². The van der Waals surface area contributed by atoms with E-state index in [1.165, 1.54) is 88.2 Å². The fraction of sp³-hybridized carbons (Fsp3) is 0.903. The van der Waals surface area contributed by atoms with Gasteiger partial charge in [-0.2, -0.15) is 0 Å². The van der Waals surface area contributed by atoms with E-state index in [1.54, 1.807) is 0 Å². The van der Waals surface area contributed by atoms with Crippen molar-refractivity contribution in [2.75, 3.05) is 264 Å². The molecule has 0 saturated carbocycles. The van der Waals surface area contributed by atoms with Crippen LogP contribution in [0.4, 0.5) is 0 Å². The molecule has 0 unspecified atom stereocenters. The van der Waals surface area contributed by atoms with Crippen LogP contribution in [-0.2, 0) is 103 Å². The average molecular weight is 1200 g/mol. The molecule has 492 valence electrons. The number of hydrogen-bond donors (Lipinski definition) is 1. The smallest absolute Gasteiger partial charge is 0.122 e. The first-order valence-electron chi connectivity index (χ1n) is 31.6. The van der Waals surface area contributed by atoms with E-state index in [0.29, 0.717) is 258 Å². The van der Waals surface area contributed by atoms with Gasteiger partial charge < -0.3 is 99.8 Å². The van der Waals surface area contributed by atoms with Crippen molar-refractivity contribution >= 4 is 0 Å². The SMILES string of the molecule is CCCCCCCCc1cccc(OCCOCCOCCOCCOCCOCCOCCOCCOCCOCCOCCOCCOCCOCCOCCOCCOCCOCCOCCOCCO)c1CCCCCCCC. The molecule has 0 atom stereocenters. The molecule has 1 N–H and O–H groups in total. The molecule has 0 radical (unpaired) electrons. The fourth-order valence-corrected chi connectivity index (χ4v) is 7.78. The van der Waals surface area contributed by atoms with Crippen molar-refractivity contribution in [1.82, 2.24) is 0 Å². The van der Waals surface area contributed by atoms with Gasteiger partial charge in [0.1, 0.15) is 12.4 Å². The molecular weight excluding hydrogens is 1080 g/mol. The third-order valence-electron chi connectivity index (χ3n) is 12.2. The van der Waals surface area contributed by atoms with Crippen molar-refractivity contribution in [3.8, 4) is 5.75 Å². The summed E-state index contributed by atoms with van der Waals surface area (Å²) < 4.78 is 111. The molecule has 0 bridgehead atoms. The van der Waals surface area contributed by atoms with Gasteiger partial charge in [-0.25, -0.2) is 0 Å². The van der Waals surface area contributed by atoms with Gasteiger partial charge in [-0.05, 0) is 42.9 Å². The highest BCUT2D eigenvalue weighted by molar-refractivity contribution is 5.40. The number of rotatable bonds is 74. The lowest BCUT2D eigenvalue weighted by Gasteiger charge is -2.16. The van der Waals surface area contributed by atoms with Crippen LogP contribution in [0.1, 0.15) is 102 Å². The Kier molecular flexibility index (Phi) is 67.8. The minimum atomic E-state index is 0.0196. The van der Waals surface area contributed by atoms with E-state index in [2.05, 4.69) is 32.0 Å². The van der Waals surface area contributed by atoms with Crippen LogP contribution in [-0.4, -0.2) is 269 Å². The maximum absolute atomic E-state index is 8.62. The first kappa shape index (κ1) is 79.2. The molecule has 0 aliphatic carbocycles. The van der Waals surface area contributed by atoms with Crippen molar-refractivity contribution < 1.29 is 99.8 Å². The molecular formula is C62H118O21. The summed E-state index contributed by atoms with van der Waals surface area (Å²) >= 11 is 0. The summed E-state index contributed by atoms with van der Waals surface area (Å²) in [4.78, 5) is 0. The maximum atomic E-state index is 8.62. The standard InChI is InChI=1S/C62H118O21/c1-3-5-7-9-11-13-16-60-17-15-19-62(61(60)18-14-12-10-8-6-4-2)83-59-58-82-57-56-81-55-54-80-53-52-79-51-50-78-49-48-77-47-46-76-45-44-75-43-42-74-41-40-73-39-38-72-37-36-71-35-34-70-33-32-69-31-30-68-29-28-67-27-26-66-25-24-65-23-22-64-21-20-63/h15,17,19,63H,3-14,16,18,20-59H2,1-2H3. The van der Waals surface area contributed by atoms with Crippen LogP contribution in [0.25, 0.3) is 0 Å². The number of unbranched alkanes of at least 4 members (excludes halogenated alkanes) is 10. The Bertz CT molecular complexity index is 1360. The van der Waals surface area contributed by atoms with Crippen LogP contribution in [0, 0.1) is 0 Å². The van der Waals surface area contributed by atoms with E-state index in [-0.39, 0.29) is 6.61 Å². The van der Waals surface area contributed by atoms with Gasteiger partial charge in [-0.15, -0.1) is 0 Å². The third-order valence-corrected chi connectivity index (χ3v) is 12.2. The number of benzene rings is 1. The first-order chi connectivity index (χ1) is 41.3. The molecule has 0 amide bonds. The van der Waals surface area contributed by atoms with Gasteiger partial charge in [0.05, 0.1) is 258 Å². The summed E-state index contributed by atoms with van der Waals surface area (Å²) in [6.07, 6.45) is 17.9. The summed E-state index contributed by atoms with van der Waals surface area (Å²) in [5, 5.41) is 8.62. The molecule has 0 aromatic heterocycles. The molecule has 0 spiro atoms. The van der Waals surface area contributed by atoms with Gasteiger partial charge >= 0.3 is 0 Å². The largest absolute Gasteiger partial charge is 0.491 e. The molecule has 1 rings (SSSR count). The summed E-state index contributed by atoms with van der Waals surface area (Å²) in [6.45, 7) is 23.8. The monoisotopic (exact) mass is 1200 g/mol. The molecule has 21 nitrogen and oxygen atoms in total. The van der Waals surface area contributed by atoms with Gasteiger partial charge in [0.15, 0.2) is 0 Å². The Hall–Kier alpha value is -1.78. The molecule has 0 heterocycles. The van der Waals surface area contributed by atoms with Gasteiger partial charge in [0.2, 0.25) is 0 Å². The van der Waals surface area contributed by atoms with Gasteiger partial charge in [0.25, 0.3) is 0 Å². The second kappa shape index (κ2) is 71.0. The lowest BCUT2D eigenvalue weighted by Crippen LogP contribution is -2.16. The predicted molar refractivity (Wildman–Crippen MR) is 319 cm³/mol. The summed E-state index contributed by atoms with van der Waals surface area (Å²) in [6, 6.07) is 6.61. The molecule has 0 aliphatic heterocycles. The van der Waals surface area contributed by atoms with Crippen LogP contribution in [0.3, 0.4) is 0 Å². The quantitative estimate of drug-likeness (QED) is 0.0642. The topological polar surface area (TPSA) is 205 Å². The zero-order chi connectivity index (χ0) is 59.2. The zero-order valence-corrected chi connectivity index (χ0v) is 52.0. The minimum Gasteiger partial charge on any atom is -0.491 e. The number of aliphatic hydroxyl groups is 1. The average Bonchev–Trinajstić information content (AvgIpc) is 3.51. The van der Waals surface area contributed by atoms with Crippen LogP contribution in [0.15, 0.2) is 18.2 Å². The number of ether oxygens (including phenoxy) is 20. The summed E-state index contributed by atoms with van der Waals surface area (Å²) in [7, 11) is 0. The van der Waals surface area contributed by atoms with Crippen molar-refractivity contribution in [3.63, 3.8) is 0 Å². The normalized spacial score (nSPS) is 11.7. The molecule has 1 aromatic rings. The predicted octanol–water partition coefficient (Wildman–Crippen LogP) is 7.18. The van der Waals surface area contributed by atoms with Crippen LogP contribution in [0.5, 0.6) is 5.75 Å². The minimum absolute atomic E-state index is 0.0196. The lowest BCUT2D eigenvalue weighted by atomic mass is 9.95. The Labute approximate surface area is 501 Å². The van der Waals surface area contributed by atoms with E-state index in [0.717, 1.165) is 18.6 Å². The van der Waals surface area contributed by atoms with E-state index in [4.69, 9.17) is 99.8 Å². The number of aryl methyl sites for hydroxylation is 1. The van der Waals surface area contributed by atoms with Crippen LogP contribution < -0.4 is 4.74 Å². The maximum Gasteiger partial charge on any atom is 0.122 e. The second-order valence-corrected chi connectivity index (χ2v) is 19.1. The highest BCUT2D eigenvalue weighted by atomic mass is 16.6. The Balaban J connectivity index is 1.73. The fourth-order valence-electron chi connectivity index (χ4n) is 7.78. The first-order valence-corrected chi connectivity index (χ1v) is 31.6. The highest BCUT2D eigenvalue weighted by Gasteiger charge is 2.11. The molecule has 1 aromatic carbocycles. The Morgan fingerprint density at radius 3 is 0.711 bits per heavy atom. The van der Waals surface area contributed by atoms with Crippen LogP contribution >= 0.6 is 0 Å². The van der Waals surface area contributed by atoms with Crippen molar-refractivity contribution in [3.05, 3.63) is 29.3 Å². The summed E-state index contributed by atoms with van der Waals surface area (Å²) in [5.41, 5.74) is 2.87. The molecule has 83 heavy (non-hydrogen) atoms. The van der Waals surface area contributed by atoms with Crippen LogP contribution in [0.2, 0.25) is 0 Å². The van der Waals surface area contributed by atoms with E-state index >= 15 is 0 Å². The number of aliphatic hydroxyl groups excluding tert-OH is 1. The van der Waals surface area contributed by atoms with Crippen molar-refractivity contribution in [1.29, 1.82) is 0 Å². The molecule has 0 saturated heterocycles. The Morgan fingerprint density at radius 2 is 0.458 bits per heavy atom. The van der Waals surface area contributed by atoms with Crippen molar-refractivity contribution in [2.45, 2.75) is 104 Å². The van der Waals surface area contributed by atoms with E-state index in [9.17, 15) is 0 Å². The van der Waals surface area contributed by atoms with Crippen molar-refractivity contribution in [2.24, 2.45) is 0 Å². The second-order valence-electron chi connectivity index (χ2n) is 19.1. The summed E-state index contributed by atoms with van der Waals surface area (Å²) in [5.74, 6) is 1.03. The molecule has 21 heteroatoms. The van der Waals surface area contributed by atoms with Gasteiger partial charge in [0, 0.05) is 0 Å². The molecule has 0 aliphatic rings.